The summed E-state index contributed by atoms with van der Waals surface area (Å²) in [6, 6.07) is 0. The molecule has 0 saturated heterocycles. The Morgan fingerprint density at radius 3 is 1.24 bits per heavy atom. The minimum absolute atomic E-state index is 0.173. The normalized spacial score (nSPS) is 12.1. The van der Waals surface area contributed by atoms with E-state index in [1.165, 1.54) is 38.5 Å². The highest BCUT2D eigenvalue weighted by molar-refractivity contribution is 8.78. The second-order valence-electron chi connectivity index (χ2n) is 7.94. The number of amides is 2. The van der Waals surface area contributed by atoms with E-state index < -0.39 is 0 Å². The van der Waals surface area contributed by atoms with E-state index in [0.717, 1.165) is 63.0 Å². The average Bonchev–Trinajstić information content (AvgIpc) is 2.84. The summed E-state index contributed by atoms with van der Waals surface area (Å²) in [5.41, 5.74) is 1.92. The zero-order valence-corrected chi connectivity index (χ0v) is 24.1. The number of rotatable bonds is 25. The Balaban J connectivity index is 3.69. The minimum atomic E-state index is 0.173. The van der Waals surface area contributed by atoms with Gasteiger partial charge in [0, 0.05) is 46.8 Å². The van der Waals surface area contributed by atoms with Crippen LogP contribution in [0.4, 0.5) is 0 Å². The molecule has 0 aliphatic carbocycles. The maximum absolute atomic E-state index is 11.3. The molecule has 0 radical (unpaired) electrons. The number of carbonyl (C=O) groups is 2. The maximum atomic E-state index is 11.3. The predicted molar refractivity (Wildman–Crippen MR) is 153 cm³/mol. The van der Waals surface area contributed by atoms with Crippen molar-refractivity contribution in [2.45, 2.75) is 78.1 Å². The second kappa shape index (κ2) is 25.8. The Morgan fingerprint density at radius 1 is 0.618 bits per heavy atom. The predicted octanol–water partition coefficient (Wildman–Crippen LogP) is 6.27. The summed E-state index contributed by atoms with van der Waals surface area (Å²) in [5, 5.41) is 21.5. The van der Waals surface area contributed by atoms with Crippen molar-refractivity contribution in [3.05, 3.63) is 22.2 Å². The summed E-state index contributed by atoms with van der Waals surface area (Å²) in [6.45, 7) is 5.79. The Morgan fingerprint density at radius 2 is 0.941 bits per heavy atom. The van der Waals surface area contributed by atoms with Crippen LogP contribution in [0.1, 0.15) is 78.1 Å². The van der Waals surface area contributed by atoms with Crippen LogP contribution in [0.15, 0.2) is 22.2 Å². The fraction of sp³-hybridized carbons (Fsp3) is 0.750. The third-order valence-corrected chi connectivity index (χ3v) is 9.37. The molecular weight excluding hydrogens is 509 g/mol. The molecule has 0 heterocycles. The summed E-state index contributed by atoms with van der Waals surface area (Å²) in [4.78, 5) is 26.1. The monoisotopic (exact) mass is 552 g/mol. The van der Waals surface area contributed by atoms with E-state index in [2.05, 4.69) is 0 Å². The van der Waals surface area contributed by atoms with Gasteiger partial charge in [0.2, 0.25) is 12.8 Å². The molecule has 0 saturated carbocycles. The molecule has 0 rings (SSSR count). The smallest absolute Gasteiger partial charge is 0.213 e. The van der Waals surface area contributed by atoms with Gasteiger partial charge in [-0.25, -0.2) is 0 Å². The molecule has 0 aromatic carbocycles. The van der Waals surface area contributed by atoms with E-state index in [1.54, 1.807) is 53.0 Å². The summed E-state index contributed by atoms with van der Waals surface area (Å²) in [7, 11) is 6.29. The standard InChI is InChI=1S/C24H44N2O4S4/c1-23(19-33-31-17-15-27)25(21-29)13-11-9-7-5-3-4-6-8-10-12-14-26(22-30)24(2)20-34-32-18-16-28/h19-22,27-28H,3-18H2,1-2H3/b23-19-,24-20-. The van der Waals surface area contributed by atoms with Crippen LogP contribution in [0.25, 0.3) is 0 Å². The quantitative estimate of drug-likeness (QED) is 0.0779. The Labute approximate surface area is 222 Å². The summed E-state index contributed by atoms with van der Waals surface area (Å²) < 4.78 is 0. The van der Waals surface area contributed by atoms with E-state index in [0.29, 0.717) is 11.5 Å². The van der Waals surface area contributed by atoms with Crippen molar-refractivity contribution >= 4 is 56.0 Å². The van der Waals surface area contributed by atoms with E-state index in [9.17, 15) is 9.59 Å². The first-order valence-electron chi connectivity index (χ1n) is 12.2. The number of aliphatic hydroxyl groups excluding tert-OH is 2. The van der Waals surface area contributed by atoms with Crippen molar-refractivity contribution in [1.82, 2.24) is 9.80 Å². The zero-order chi connectivity index (χ0) is 25.3. The molecule has 0 aromatic heterocycles. The highest BCUT2D eigenvalue weighted by Crippen LogP contribution is 2.25. The van der Waals surface area contributed by atoms with Gasteiger partial charge in [-0.2, -0.15) is 0 Å². The second-order valence-corrected chi connectivity index (χ2v) is 12.6. The minimum Gasteiger partial charge on any atom is -0.395 e. The molecular formula is C24H44N2O4S4. The Hall–Kier alpha value is -0.260. The fourth-order valence-corrected chi connectivity index (χ4v) is 6.41. The SMILES string of the molecule is C/C(=C/SSCCO)N(C=O)CCCCCCCCCCCCN(C=O)/C(C)=C\SSCCO. The van der Waals surface area contributed by atoms with Crippen LogP contribution in [0.2, 0.25) is 0 Å². The van der Waals surface area contributed by atoms with Gasteiger partial charge >= 0.3 is 0 Å². The molecule has 10 heteroatoms. The molecule has 2 N–H and O–H groups in total. The molecule has 0 spiro atoms. The molecule has 6 nitrogen and oxygen atoms in total. The molecule has 34 heavy (non-hydrogen) atoms. The summed E-state index contributed by atoms with van der Waals surface area (Å²) >= 11 is 0. The van der Waals surface area contributed by atoms with Gasteiger partial charge in [-0.05, 0) is 26.7 Å². The van der Waals surface area contributed by atoms with Gasteiger partial charge < -0.3 is 20.0 Å². The van der Waals surface area contributed by atoms with Gasteiger partial charge in [-0.15, -0.1) is 0 Å². The van der Waals surface area contributed by atoms with Crippen LogP contribution in [-0.2, 0) is 9.59 Å². The van der Waals surface area contributed by atoms with Gasteiger partial charge in [0.15, 0.2) is 0 Å². The van der Waals surface area contributed by atoms with Crippen LogP contribution in [0, 0.1) is 0 Å². The number of hydrogen-bond acceptors (Lipinski definition) is 8. The van der Waals surface area contributed by atoms with Crippen molar-refractivity contribution in [3.8, 4) is 0 Å². The van der Waals surface area contributed by atoms with E-state index >= 15 is 0 Å². The van der Waals surface area contributed by atoms with Gasteiger partial charge in [0.05, 0.1) is 13.2 Å². The number of nitrogens with zero attached hydrogens (tertiary/aromatic N) is 2. The van der Waals surface area contributed by atoms with Crippen molar-refractivity contribution < 1.29 is 19.8 Å². The molecule has 0 aliphatic heterocycles. The number of aliphatic hydroxyl groups is 2. The van der Waals surface area contributed by atoms with Crippen molar-refractivity contribution in [3.63, 3.8) is 0 Å². The first-order valence-corrected chi connectivity index (χ1v) is 16.9. The zero-order valence-electron chi connectivity index (χ0n) is 20.9. The van der Waals surface area contributed by atoms with Gasteiger partial charge in [0.1, 0.15) is 0 Å². The van der Waals surface area contributed by atoms with E-state index in [4.69, 9.17) is 10.2 Å². The third-order valence-electron chi connectivity index (χ3n) is 5.13. The van der Waals surface area contributed by atoms with Crippen molar-refractivity contribution in [2.24, 2.45) is 0 Å². The molecule has 0 aliphatic rings. The lowest BCUT2D eigenvalue weighted by molar-refractivity contribution is -0.117. The van der Waals surface area contributed by atoms with Crippen molar-refractivity contribution in [2.75, 3.05) is 37.8 Å². The number of carbonyl (C=O) groups excluding carboxylic acids is 2. The van der Waals surface area contributed by atoms with Crippen LogP contribution >= 0.6 is 43.2 Å². The average molecular weight is 553 g/mol. The fourth-order valence-electron chi connectivity index (χ4n) is 3.12. The molecule has 0 atom stereocenters. The Kier molecular flexibility index (Phi) is 25.6. The molecule has 0 unspecified atom stereocenters. The topological polar surface area (TPSA) is 81.1 Å². The van der Waals surface area contributed by atoms with E-state index in [1.807, 2.05) is 24.7 Å². The van der Waals surface area contributed by atoms with Crippen LogP contribution in [0.3, 0.4) is 0 Å². The van der Waals surface area contributed by atoms with Gasteiger partial charge in [0.25, 0.3) is 0 Å². The van der Waals surface area contributed by atoms with Crippen LogP contribution in [-0.4, -0.2) is 70.6 Å². The van der Waals surface area contributed by atoms with Crippen molar-refractivity contribution in [1.29, 1.82) is 0 Å². The van der Waals surface area contributed by atoms with E-state index in [-0.39, 0.29) is 13.2 Å². The lowest BCUT2D eigenvalue weighted by Crippen LogP contribution is -2.20. The summed E-state index contributed by atoms with van der Waals surface area (Å²) in [5.74, 6) is 1.38. The van der Waals surface area contributed by atoms with Crippen LogP contribution < -0.4 is 0 Å². The van der Waals surface area contributed by atoms with Gasteiger partial charge in [-0.1, -0.05) is 94.5 Å². The van der Waals surface area contributed by atoms with Crippen LogP contribution in [0.5, 0.6) is 0 Å². The third kappa shape index (κ3) is 20.0. The molecule has 198 valence electrons. The highest BCUT2D eigenvalue weighted by atomic mass is 33.1. The largest absolute Gasteiger partial charge is 0.395 e. The number of hydrogen-bond donors (Lipinski definition) is 2. The first kappa shape index (κ1) is 33.7. The molecule has 0 fully saturated rings. The lowest BCUT2D eigenvalue weighted by atomic mass is 10.1. The highest BCUT2D eigenvalue weighted by Gasteiger charge is 2.05. The molecule has 0 aromatic rings. The van der Waals surface area contributed by atoms with Gasteiger partial charge in [-0.3, -0.25) is 9.59 Å². The summed E-state index contributed by atoms with van der Waals surface area (Å²) in [6.07, 6.45) is 13.6. The molecule has 0 bridgehead atoms. The maximum Gasteiger partial charge on any atom is 0.213 e. The number of unbranched alkanes of at least 4 members (excludes halogenated alkanes) is 9. The first-order chi connectivity index (χ1) is 16.6. The lowest BCUT2D eigenvalue weighted by Gasteiger charge is -2.17. The molecule has 2 amide bonds. The Bertz CT molecular complexity index is 517. The number of allylic oxidation sites excluding steroid dienone is 2.